The molecule has 5 heteroatoms. The van der Waals surface area contributed by atoms with Crippen molar-refractivity contribution in [3.63, 3.8) is 0 Å². The highest BCUT2D eigenvalue weighted by Crippen LogP contribution is 2.32. The van der Waals surface area contributed by atoms with Crippen LogP contribution in [0.5, 0.6) is 0 Å². The van der Waals surface area contributed by atoms with E-state index in [-0.39, 0.29) is 23.8 Å². The molecule has 1 saturated heterocycles. The quantitative estimate of drug-likeness (QED) is 0.771. The average Bonchev–Trinajstić information content (AvgIpc) is 3.02. The average molecular weight is 280 g/mol. The Morgan fingerprint density at radius 1 is 1.25 bits per heavy atom. The molecule has 2 saturated carbocycles. The van der Waals surface area contributed by atoms with Gasteiger partial charge in [0, 0.05) is 26.1 Å². The van der Waals surface area contributed by atoms with E-state index in [1.165, 1.54) is 12.8 Å². The number of nitrogens with zero attached hydrogens (tertiary/aromatic N) is 1. The van der Waals surface area contributed by atoms with Crippen molar-refractivity contribution in [1.29, 1.82) is 0 Å². The number of hydrogen-bond acceptors (Lipinski definition) is 3. The van der Waals surface area contributed by atoms with Gasteiger partial charge in [0.05, 0.1) is 12.0 Å². The molecule has 0 spiro atoms. The first kappa shape index (κ1) is 13.9. The first-order valence-corrected chi connectivity index (χ1v) is 7.85. The van der Waals surface area contributed by atoms with E-state index >= 15 is 0 Å². The molecular weight excluding hydrogens is 256 g/mol. The van der Waals surface area contributed by atoms with Crippen LogP contribution in [0, 0.1) is 17.8 Å². The van der Waals surface area contributed by atoms with Crippen molar-refractivity contribution in [2.75, 3.05) is 19.6 Å². The number of nitrogens with one attached hydrogen (secondary N) is 1. The molecule has 0 aromatic rings. The Hall–Kier alpha value is -1.10. The summed E-state index contributed by atoms with van der Waals surface area (Å²) >= 11 is 0. The van der Waals surface area contributed by atoms with E-state index in [9.17, 15) is 14.7 Å². The smallest absolute Gasteiger partial charge is 0.225 e. The van der Waals surface area contributed by atoms with Gasteiger partial charge in [-0.1, -0.05) is 0 Å². The molecule has 3 rings (SSSR count). The molecule has 112 valence electrons. The molecule has 20 heavy (non-hydrogen) atoms. The van der Waals surface area contributed by atoms with Gasteiger partial charge in [-0.25, -0.2) is 0 Å². The van der Waals surface area contributed by atoms with E-state index in [1.54, 1.807) is 0 Å². The zero-order valence-electron chi connectivity index (χ0n) is 11.9. The van der Waals surface area contributed by atoms with Crippen molar-refractivity contribution in [1.82, 2.24) is 10.2 Å². The third-order valence-corrected chi connectivity index (χ3v) is 4.84. The van der Waals surface area contributed by atoms with Crippen LogP contribution >= 0.6 is 0 Å². The summed E-state index contributed by atoms with van der Waals surface area (Å²) in [4.78, 5) is 25.9. The summed E-state index contributed by atoms with van der Waals surface area (Å²) in [5, 5.41) is 12.4. The Bertz CT molecular complexity index is 395. The first-order chi connectivity index (χ1) is 9.61. The van der Waals surface area contributed by atoms with E-state index in [1.807, 2.05) is 4.90 Å². The lowest BCUT2D eigenvalue weighted by molar-refractivity contribution is -0.129. The second kappa shape index (κ2) is 5.72. The van der Waals surface area contributed by atoms with E-state index < -0.39 is 0 Å². The maximum absolute atomic E-state index is 12.1. The molecule has 2 amide bonds. The molecule has 3 aliphatic rings. The van der Waals surface area contributed by atoms with Crippen LogP contribution in [0.1, 0.15) is 38.5 Å². The molecule has 0 aromatic carbocycles. The molecule has 2 aliphatic carbocycles. The Morgan fingerprint density at radius 2 is 2.00 bits per heavy atom. The minimum Gasteiger partial charge on any atom is -0.393 e. The lowest BCUT2D eigenvalue weighted by Crippen LogP contribution is -2.35. The second-order valence-corrected chi connectivity index (χ2v) is 6.72. The molecular formula is C15H24N2O3. The Balaban J connectivity index is 1.42. The molecule has 0 aromatic heterocycles. The summed E-state index contributed by atoms with van der Waals surface area (Å²) in [5.74, 6) is 1.05. The fourth-order valence-electron chi connectivity index (χ4n) is 3.36. The van der Waals surface area contributed by atoms with Gasteiger partial charge in [0.25, 0.3) is 0 Å². The number of likely N-dealkylation sites (tertiary alicyclic amines) is 1. The predicted octanol–water partition coefficient (Wildman–Crippen LogP) is 0.522. The highest BCUT2D eigenvalue weighted by Gasteiger charge is 2.37. The van der Waals surface area contributed by atoms with Crippen molar-refractivity contribution < 1.29 is 14.7 Å². The molecule has 3 unspecified atom stereocenters. The standard InChI is InChI=1S/C15H24N2O3/c18-13-4-3-11(5-13)7-16-15(20)12-6-14(19)17(9-12)8-10-1-2-10/h10-13,18H,1-9H2,(H,16,20). The predicted molar refractivity (Wildman–Crippen MR) is 73.8 cm³/mol. The van der Waals surface area contributed by atoms with Gasteiger partial charge >= 0.3 is 0 Å². The fourth-order valence-corrected chi connectivity index (χ4v) is 3.36. The lowest BCUT2D eigenvalue weighted by atomic mass is 10.1. The van der Waals surface area contributed by atoms with Gasteiger partial charge in [0.15, 0.2) is 0 Å². The number of aliphatic hydroxyl groups is 1. The fraction of sp³-hybridized carbons (Fsp3) is 0.867. The lowest BCUT2D eigenvalue weighted by Gasteiger charge is -2.16. The van der Waals surface area contributed by atoms with Gasteiger partial charge in [-0.15, -0.1) is 0 Å². The van der Waals surface area contributed by atoms with Crippen LogP contribution in [0.3, 0.4) is 0 Å². The van der Waals surface area contributed by atoms with E-state index in [4.69, 9.17) is 0 Å². The van der Waals surface area contributed by atoms with Gasteiger partial charge in [-0.05, 0) is 43.9 Å². The third-order valence-electron chi connectivity index (χ3n) is 4.84. The number of aliphatic hydroxyl groups excluding tert-OH is 1. The Labute approximate surface area is 119 Å². The van der Waals surface area contributed by atoms with Crippen LogP contribution in [0.15, 0.2) is 0 Å². The van der Waals surface area contributed by atoms with Crippen LogP contribution in [0.25, 0.3) is 0 Å². The number of amides is 2. The zero-order chi connectivity index (χ0) is 14.1. The SMILES string of the molecule is O=C(NCC1CCC(O)C1)C1CC(=O)N(CC2CC2)C1. The summed E-state index contributed by atoms with van der Waals surface area (Å²) in [6.07, 6.45) is 5.24. The van der Waals surface area contributed by atoms with Gasteiger partial charge in [0.2, 0.25) is 11.8 Å². The van der Waals surface area contributed by atoms with E-state index in [0.29, 0.717) is 31.3 Å². The van der Waals surface area contributed by atoms with Crippen LogP contribution in [-0.2, 0) is 9.59 Å². The second-order valence-electron chi connectivity index (χ2n) is 6.72. The van der Waals surface area contributed by atoms with Gasteiger partial charge < -0.3 is 15.3 Å². The summed E-state index contributed by atoms with van der Waals surface area (Å²) in [6, 6.07) is 0. The number of carbonyl (C=O) groups excluding carboxylic acids is 2. The number of hydrogen-bond donors (Lipinski definition) is 2. The van der Waals surface area contributed by atoms with Crippen molar-refractivity contribution in [3.8, 4) is 0 Å². The van der Waals surface area contributed by atoms with Crippen LogP contribution in [0.2, 0.25) is 0 Å². The Kier molecular flexibility index (Phi) is 3.96. The topological polar surface area (TPSA) is 69.6 Å². The molecule has 5 nitrogen and oxygen atoms in total. The minimum atomic E-state index is -0.195. The molecule has 0 radical (unpaired) electrons. The molecule has 1 heterocycles. The highest BCUT2D eigenvalue weighted by atomic mass is 16.3. The minimum absolute atomic E-state index is 0.0121. The first-order valence-electron chi connectivity index (χ1n) is 7.85. The van der Waals surface area contributed by atoms with Crippen molar-refractivity contribution >= 4 is 11.8 Å². The zero-order valence-corrected chi connectivity index (χ0v) is 11.9. The largest absolute Gasteiger partial charge is 0.393 e. The van der Waals surface area contributed by atoms with Gasteiger partial charge in [-0.2, -0.15) is 0 Å². The van der Waals surface area contributed by atoms with Crippen molar-refractivity contribution in [2.45, 2.75) is 44.6 Å². The molecule has 3 atom stereocenters. The summed E-state index contributed by atoms with van der Waals surface area (Å²) in [6.45, 7) is 2.08. The molecule has 2 N–H and O–H groups in total. The normalized spacial score (nSPS) is 33.8. The van der Waals surface area contributed by atoms with Gasteiger partial charge in [0.1, 0.15) is 0 Å². The van der Waals surface area contributed by atoms with Crippen LogP contribution in [0.4, 0.5) is 0 Å². The monoisotopic (exact) mass is 280 g/mol. The summed E-state index contributed by atoms with van der Waals surface area (Å²) in [7, 11) is 0. The van der Waals surface area contributed by atoms with Crippen molar-refractivity contribution in [2.24, 2.45) is 17.8 Å². The van der Waals surface area contributed by atoms with Gasteiger partial charge in [-0.3, -0.25) is 9.59 Å². The van der Waals surface area contributed by atoms with Crippen LogP contribution < -0.4 is 5.32 Å². The van der Waals surface area contributed by atoms with Crippen molar-refractivity contribution in [3.05, 3.63) is 0 Å². The van der Waals surface area contributed by atoms with E-state index in [0.717, 1.165) is 25.8 Å². The Morgan fingerprint density at radius 3 is 2.65 bits per heavy atom. The molecule has 0 bridgehead atoms. The maximum Gasteiger partial charge on any atom is 0.225 e. The number of rotatable bonds is 5. The highest BCUT2D eigenvalue weighted by molar-refractivity contribution is 5.89. The molecule has 1 aliphatic heterocycles. The third kappa shape index (κ3) is 3.32. The summed E-state index contributed by atoms with van der Waals surface area (Å²) in [5.41, 5.74) is 0. The van der Waals surface area contributed by atoms with E-state index in [2.05, 4.69) is 5.32 Å². The maximum atomic E-state index is 12.1. The number of carbonyl (C=O) groups is 2. The van der Waals surface area contributed by atoms with Crippen LogP contribution in [-0.4, -0.2) is 47.6 Å². The summed E-state index contributed by atoms with van der Waals surface area (Å²) < 4.78 is 0. The molecule has 3 fully saturated rings.